The van der Waals surface area contributed by atoms with Gasteiger partial charge in [0.2, 0.25) is 0 Å². The predicted molar refractivity (Wildman–Crippen MR) is 76.4 cm³/mol. The molecule has 1 aromatic heterocycles. The largest absolute Gasteiger partial charge is 0.378 e. The quantitative estimate of drug-likeness (QED) is 0.607. The molecule has 0 saturated carbocycles. The highest BCUT2D eigenvalue weighted by atomic mass is 127. The molecule has 1 saturated heterocycles. The fraction of sp³-hybridized carbons (Fsp3) is 0.667. The molecule has 1 aromatic rings. The standard InChI is InChI=1S/C12H16ClIN2O/c1-2-9-11(14)12(13)16-10(15-9)7-8-5-3-4-6-17-8/h8H,2-7H2,1H3. The highest BCUT2D eigenvalue weighted by molar-refractivity contribution is 14.1. The molecule has 1 fully saturated rings. The maximum absolute atomic E-state index is 6.12. The number of aromatic nitrogens is 2. The molecule has 1 aliphatic heterocycles. The Morgan fingerprint density at radius 2 is 2.24 bits per heavy atom. The summed E-state index contributed by atoms with van der Waals surface area (Å²) >= 11 is 8.32. The van der Waals surface area contributed by atoms with Gasteiger partial charge in [0.1, 0.15) is 11.0 Å². The van der Waals surface area contributed by atoms with Crippen molar-refractivity contribution in [2.75, 3.05) is 6.61 Å². The summed E-state index contributed by atoms with van der Waals surface area (Å²) in [5, 5.41) is 0.572. The Morgan fingerprint density at radius 3 is 2.88 bits per heavy atom. The maximum Gasteiger partial charge on any atom is 0.146 e. The van der Waals surface area contributed by atoms with E-state index in [2.05, 4.69) is 39.5 Å². The number of rotatable bonds is 3. The van der Waals surface area contributed by atoms with E-state index < -0.39 is 0 Å². The van der Waals surface area contributed by atoms with E-state index in [4.69, 9.17) is 16.3 Å². The molecule has 0 N–H and O–H groups in total. The number of ether oxygens (including phenoxy) is 1. The van der Waals surface area contributed by atoms with Crippen LogP contribution in [-0.4, -0.2) is 22.7 Å². The molecule has 17 heavy (non-hydrogen) atoms. The van der Waals surface area contributed by atoms with Gasteiger partial charge in [0.25, 0.3) is 0 Å². The first-order valence-corrected chi connectivity index (χ1v) is 7.48. The number of halogens is 2. The van der Waals surface area contributed by atoms with Crippen LogP contribution in [0.25, 0.3) is 0 Å². The van der Waals surface area contributed by atoms with Crippen LogP contribution >= 0.6 is 34.2 Å². The number of hydrogen-bond acceptors (Lipinski definition) is 3. The molecular weight excluding hydrogens is 351 g/mol. The van der Waals surface area contributed by atoms with E-state index >= 15 is 0 Å². The first-order chi connectivity index (χ1) is 8.20. The summed E-state index contributed by atoms with van der Waals surface area (Å²) in [5.74, 6) is 0.819. The molecule has 0 bridgehead atoms. The van der Waals surface area contributed by atoms with Gasteiger partial charge in [-0.05, 0) is 48.3 Å². The average molecular weight is 367 g/mol. The third-order valence-corrected chi connectivity index (χ3v) is 4.67. The number of aryl methyl sites for hydroxylation is 1. The monoisotopic (exact) mass is 366 g/mol. The Balaban J connectivity index is 2.12. The van der Waals surface area contributed by atoms with E-state index in [0.29, 0.717) is 5.15 Å². The van der Waals surface area contributed by atoms with E-state index in [0.717, 1.165) is 41.0 Å². The Kier molecular flexibility index (Phi) is 4.99. The van der Waals surface area contributed by atoms with Crippen LogP contribution < -0.4 is 0 Å². The lowest BCUT2D eigenvalue weighted by molar-refractivity contribution is 0.0156. The van der Waals surface area contributed by atoms with Crippen LogP contribution in [0.4, 0.5) is 0 Å². The van der Waals surface area contributed by atoms with Gasteiger partial charge in [-0.15, -0.1) is 0 Å². The SMILES string of the molecule is CCc1nc(CC2CCCCO2)nc(Cl)c1I. The van der Waals surface area contributed by atoms with Crippen molar-refractivity contribution in [2.45, 2.75) is 45.1 Å². The second-order valence-corrected chi connectivity index (χ2v) is 5.67. The number of nitrogens with zero attached hydrogens (tertiary/aromatic N) is 2. The van der Waals surface area contributed by atoms with Gasteiger partial charge in [-0.1, -0.05) is 18.5 Å². The van der Waals surface area contributed by atoms with E-state index in [1.54, 1.807) is 0 Å². The molecule has 94 valence electrons. The summed E-state index contributed by atoms with van der Waals surface area (Å²) in [6.45, 7) is 2.95. The molecule has 5 heteroatoms. The Hall–Kier alpha value is 0.0600. The van der Waals surface area contributed by atoms with Crippen LogP contribution in [-0.2, 0) is 17.6 Å². The van der Waals surface area contributed by atoms with E-state index in [1.807, 2.05) is 0 Å². The predicted octanol–water partition coefficient (Wildman–Crippen LogP) is 3.41. The van der Waals surface area contributed by atoms with Gasteiger partial charge in [-0.25, -0.2) is 9.97 Å². The smallest absolute Gasteiger partial charge is 0.146 e. The van der Waals surface area contributed by atoms with Crippen LogP contribution in [0.5, 0.6) is 0 Å². The van der Waals surface area contributed by atoms with Gasteiger partial charge < -0.3 is 4.74 Å². The lowest BCUT2D eigenvalue weighted by Crippen LogP contribution is -2.22. The molecule has 1 unspecified atom stereocenters. The average Bonchev–Trinajstić information content (AvgIpc) is 2.35. The third kappa shape index (κ3) is 3.51. The van der Waals surface area contributed by atoms with Crippen LogP contribution in [0.1, 0.15) is 37.7 Å². The summed E-state index contributed by atoms with van der Waals surface area (Å²) in [6.07, 6.45) is 5.45. The fourth-order valence-corrected chi connectivity index (χ4v) is 2.84. The molecule has 0 aliphatic carbocycles. The van der Waals surface area contributed by atoms with Crippen molar-refractivity contribution in [2.24, 2.45) is 0 Å². The van der Waals surface area contributed by atoms with E-state index in [9.17, 15) is 0 Å². The van der Waals surface area contributed by atoms with Crippen LogP contribution in [0, 0.1) is 3.57 Å². The van der Waals surface area contributed by atoms with Crippen LogP contribution in [0.2, 0.25) is 5.15 Å². The Labute approximate surface area is 120 Å². The minimum absolute atomic E-state index is 0.268. The molecular formula is C12H16ClIN2O. The van der Waals surface area contributed by atoms with Crippen LogP contribution in [0.3, 0.4) is 0 Å². The fourth-order valence-electron chi connectivity index (χ4n) is 2.01. The van der Waals surface area contributed by atoms with Crippen molar-refractivity contribution in [3.8, 4) is 0 Å². The molecule has 0 amide bonds. The second-order valence-electron chi connectivity index (χ2n) is 4.24. The number of hydrogen-bond donors (Lipinski definition) is 0. The van der Waals surface area contributed by atoms with Gasteiger partial charge in [0.05, 0.1) is 15.4 Å². The van der Waals surface area contributed by atoms with Gasteiger partial charge in [0, 0.05) is 13.0 Å². The summed E-state index contributed by atoms with van der Waals surface area (Å²) < 4.78 is 6.67. The van der Waals surface area contributed by atoms with Crippen molar-refractivity contribution >= 4 is 34.2 Å². The minimum atomic E-state index is 0.268. The van der Waals surface area contributed by atoms with Gasteiger partial charge in [-0.2, -0.15) is 0 Å². The lowest BCUT2D eigenvalue weighted by Gasteiger charge is -2.22. The molecule has 0 aromatic carbocycles. The first-order valence-electron chi connectivity index (χ1n) is 6.03. The van der Waals surface area contributed by atoms with Crippen molar-refractivity contribution in [3.05, 3.63) is 20.2 Å². The maximum atomic E-state index is 6.12. The van der Waals surface area contributed by atoms with Gasteiger partial charge >= 0.3 is 0 Å². The zero-order valence-corrected chi connectivity index (χ0v) is 12.8. The summed E-state index contributed by atoms with van der Waals surface area (Å²) in [4.78, 5) is 8.90. The van der Waals surface area contributed by atoms with Crippen molar-refractivity contribution in [1.29, 1.82) is 0 Å². The molecule has 2 heterocycles. The summed E-state index contributed by atoms with van der Waals surface area (Å²) in [7, 11) is 0. The second kappa shape index (κ2) is 6.29. The first kappa shape index (κ1) is 13.5. The molecule has 3 nitrogen and oxygen atoms in total. The van der Waals surface area contributed by atoms with E-state index in [1.165, 1.54) is 12.8 Å². The molecule has 1 aliphatic rings. The molecule has 2 rings (SSSR count). The van der Waals surface area contributed by atoms with E-state index in [-0.39, 0.29) is 6.10 Å². The van der Waals surface area contributed by atoms with Crippen molar-refractivity contribution < 1.29 is 4.74 Å². The lowest BCUT2D eigenvalue weighted by atomic mass is 10.1. The third-order valence-electron chi connectivity index (χ3n) is 2.94. The zero-order valence-electron chi connectivity index (χ0n) is 9.88. The Bertz CT molecular complexity index is 394. The summed E-state index contributed by atoms with van der Waals surface area (Å²) in [6, 6.07) is 0. The molecule has 0 spiro atoms. The summed E-state index contributed by atoms with van der Waals surface area (Å²) in [5.41, 5.74) is 1.04. The van der Waals surface area contributed by atoms with Gasteiger partial charge in [0.15, 0.2) is 0 Å². The normalized spacial score (nSPS) is 20.5. The Morgan fingerprint density at radius 1 is 1.41 bits per heavy atom. The molecule has 0 radical (unpaired) electrons. The van der Waals surface area contributed by atoms with Crippen molar-refractivity contribution in [1.82, 2.24) is 9.97 Å². The van der Waals surface area contributed by atoms with Crippen LogP contribution in [0.15, 0.2) is 0 Å². The topological polar surface area (TPSA) is 35.0 Å². The highest BCUT2D eigenvalue weighted by Gasteiger charge is 2.17. The minimum Gasteiger partial charge on any atom is -0.378 e. The molecule has 1 atom stereocenters. The van der Waals surface area contributed by atoms with Gasteiger partial charge in [-0.3, -0.25) is 0 Å². The highest BCUT2D eigenvalue weighted by Crippen LogP contribution is 2.21. The van der Waals surface area contributed by atoms with Crippen molar-refractivity contribution in [3.63, 3.8) is 0 Å². The zero-order chi connectivity index (χ0) is 12.3.